The second-order valence-corrected chi connectivity index (χ2v) is 10.7. The number of methoxy groups -OCH3 is 1. The molecule has 4 fully saturated rings. The van der Waals surface area contributed by atoms with Gasteiger partial charge in [-0.1, -0.05) is 6.92 Å². The van der Waals surface area contributed by atoms with E-state index in [-0.39, 0.29) is 42.1 Å². The predicted molar refractivity (Wildman–Crippen MR) is 132 cm³/mol. The summed E-state index contributed by atoms with van der Waals surface area (Å²) < 4.78 is 17.4. The van der Waals surface area contributed by atoms with Crippen LogP contribution in [-0.2, 0) is 14.3 Å². The predicted octanol–water partition coefficient (Wildman–Crippen LogP) is 1.01. The number of hydrogen-bond donors (Lipinski definition) is 4. The van der Waals surface area contributed by atoms with Crippen LogP contribution in [-0.4, -0.2) is 81.8 Å². The summed E-state index contributed by atoms with van der Waals surface area (Å²) in [6, 6.07) is 2.33. The van der Waals surface area contributed by atoms with Crippen LogP contribution >= 0.6 is 0 Å². The van der Waals surface area contributed by atoms with Crippen LogP contribution in [0.4, 0.5) is 0 Å². The third kappa shape index (κ3) is 5.80. The molecule has 9 heteroatoms. The highest BCUT2D eigenvalue weighted by Gasteiger charge is 2.46. The molecule has 0 aromatic carbocycles. The van der Waals surface area contributed by atoms with E-state index in [0.717, 1.165) is 76.5 Å². The number of carbonyl (C=O) groups is 1. The highest BCUT2D eigenvalue weighted by atomic mass is 16.5. The van der Waals surface area contributed by atoms with Gasteiger partial charge in [-0.25, -0.2) is 0 Å². The van der Waals surface area contributed by atoms with Gasteiger partial charge in [-0.05, 0) is 55.7 Å². The maximum atomic E-state index is 12.7. The van der Waals surface area contributed by atoms with E-state index in [1.807, 2.05) is 13.1 Å². The molecule has 194 valence electrons. The van der Waals surface area contributed by atoms with Gasteiger partial charge in [-0.3, -0.25) is 20.4 Å². The molecular weight excluding hydrogens is 446 g/mol. The number of hydrogen-bond acceptors (Lipinski definition) is 8. The van der Waals surface area contributed by atoms with Crippen LogP contribution in [0.25, 0.3) is 0 Å². The lowest BCUT2D eigenvalue weighted by molar-refractivity contribution is -0.130. The summed E-state index contributed by atoms with van der Waals surface area (Å²) in [5.41, 5.74) is 1.16. The first kappa shape index (κ1) is 24.9. The van der Waals surface area contributed by atoms with E-state index >= 15 is 0 Å². The van der Waals surface area contributed by atoms with Gasteiger partial charge < -0.3 is 24.8 Å². The molecule has 1 aromatic rings. The molecule has 0 saturated carbocycles. The number of aromatic nitrogens is 1. The highest BCUT2D eigenvalue weighted by Crippen LogP contribution is 2.39. The lowest BCUT2D eigenvalue weighted by Gasteiger charge is -2.49. The minimum atomic E-state index is 0.00328. The van der Waals surface area contributed by atoms with E-state index in [1.165, 1.54) is 0 Å². The third-order valence-electron chi connectivity index (χ3n) is 8.38. The Kier molecular flexibility index (Phi) is 8.19. The average molecular weight is 488 g/mol. The van der Waals surface area contributed by atoms with Gasteiger partial charge >= 0.3 is 0 Å². The molecule has 1 amide bonds. The normalized spacial score (nSPS) is 36.3. The lowest BCUT2D eigenvalue weighted by Crippen LogP contribution is -2.71. The van der Waals surface area contributed by atoms with Gasteiger partial charge in [-0.2, -0.15) is 0 Å². The Morgan fingerprint density at radius 2 is 2.06 bits per heavy atom. The highest BCUT2D eigenvalue weighted by molar-refractivity contribution is 5.79. The Morgan fingerprint density at radius 3 is 2.89 bits per heavy atom. The van der Waals surface area contributed by atoms with Gasteiger partial charge in [0, 0.05) is 50.4 Å². The molecular formula is C26H41N5O4. The first-order valence-electron chi connectivity index (χ1n) is 13.3. The van der Waals surface area contributed by atoms with Crippen molar-refractivity contribution in [1.29, 1.82) is 0 Å². The molecule has 1 aromatic heterocycles. The Bertz CT molecular complexity index is 851. The summed E-state index contributed by atoms with van der Waals surface area (Å²) in [5.74, 6) is 2.08. The maximum Gasteiger partial charge on any atom is 0.223 e. The maximum absolute atomic E-state index is 12.7. The van der Waals surface area contributed by atoms with Gasteiger partial charge in [0.25, 0.3) is 0 Å². The second kappa shape index (κ2) is 11.5. The lowest BCUT2D eigenvalue weighted by atomic mass is 9.71. The SMILES string of the molecule is COc1cncc(C2CNC(N[C@@H]3CCNC[C@H]3OCC3CCOCC3)C3NC(=O)C(C)CC23)c1. The van der Waals surface area contributed by atoms with Gasteiger partial charge in [0.15, 0.2) is 0 Å². The summed E-state index contributed by atoms with van der Waals surface area (Å²) in [6.07, 6.45) is 7.83. The topological polar surface area (TPSA) is 106 Å². The fourth-order valence-corrected chi connectivity index (χ4v) is 6.23. The van der Waals surface area contributed by atoms with E-state index in [2.05, 4.69) is 32.3 Å². The molecule has 5 heterocycles. The number of nitrogens with one attached hydrogen (secondary N) is 4. The van der Waals surface area contributed by atoms with Crippen molar-refractivity contribution in [2.45, 2.75) is 62.9 Å². The van der Waals surface area contributed by atoms with E-state index in [4.69, 9.17) is 14.2 Å². The van der Waals surface area contributed by atoms with Crippen molar-refractivity contribution < 1.29 is 19.0 Å². The summed E-state index contributed by atoms with van der Waals surface area (Å²) >= 11 is 0. The third-order valence-corrected chi connectivity index (χ3v) is 8.38. The number of nitrogens with zero attached hydrogens (tertiary/aromatic N) is 1. The molecule has 0 bridgehead atoms. The summed E-state index contributed by atoms with van der Waals surface area (Å²) in [5, 5.41) is 14.4. The molecule has 9 nitrogen and oxygen atoms in total. The van der Waals surface area contributed by atoms with E-state index in [0.29, 0.717) is 11.8 Å². The Balaban J connectivity index is 1.27. The van der Waals surface area contributed by atoms with Crippen molar-refractivity contribution in [2.24, 2.45) is 17.8 Å². The van der Waals surface area contributed by atoms with Gasteiger partial charge in [0.2, 0.25) is 5.91 Å². The van der Waals surface area contributed by atoms with Crippen molar-refractivity contribution in [1.82, 2.24) is 26.3 Å². The Hall–Kier alpha value is -1.78. The quantitative estimate of drug-likeness (QED) is 0.452. The molecule has 35 heavy (non-hydrogen) atoms. The molecule has 4 aliphatic heterocycles. The van der Waals surface area contributed by atoms with E-state index < -0.39 is 0 Å². The number of rotatable bonds is 7. The summed E-state index contributed by atoms with van der Waals surface area (Å²) in [6.45, 7) is 7.15. The zero-order valence-electron chi connectivity index (χ0n) is 21.0. The summed E-state index contributed by atoms with van der Waals surface area (Å²) in [7, 11) is 1.67. The van der Waals surface area contributed by atoms with Crippen molar-refractivity contribution in [2.75, 3.05) is 46.6 Å². The minimum Gasteiger partial charge on any atom is -0.495 e. The van der Waals surface area contributed by atoms with Crippen LogP contribution in [0.3, 0.4) is 0 Å². The average Bonchev–Trinajstić information content (AvgIpc) is 2.90. The first-order valence-corrected chi connectivity index (χ1v) is 13.3. The van der Waals surface area contributed by atoms with E-state index in [9.17, 15) is 4.79 Å². The van der Waals surface area contributed by atoms with Crippen molar-refractivity contribution in [3.05, 3.63) is 24.0 Å². The number of pyridine rings is 1. The molecule has 5 unspecified atom stereocenters. The monoisotopic (exact) mass is 487 g/mol. The van der Waals surface area contributed by atoms with Crippen LogP contribution in [0, 0.1) is 17.8 Å². The van der Waals surface area contributed by atoms with Gasteiger partial charge in [0.05, 0.1) is 38.2 Å². The van der Waals surface area contributed by atoms with Crippen LogP contribution < -0.4 is 26.0 Å². The van der Waals surface area contributed by atoms with Crippen molar-refractivity contribution >= 4 is 5.91 Å². The number of carbonyl (C=O) groups excluding carboxylic acids is 1. The Labute approximate surface area is 208 Å². The second-order valence-electron chi connectivity index (χ2n) is 10.7. The molecule has 0 radical (unpaired) electrons. The fourth-order valence-electron chi connectivity index (χ4n) is 6.23. The van der Waals surface area contributed by atoms with Crippen molar-refractivity contribution in [3.8, 4) is 5.75 Å². The molecule has 4 aliphatic rings. The van der Waals surface area contributed by atoms with Crippen LogP contribution in [0.5, 0.6) is 5.75 Å². The van der Waals surface area contributed by atoms with Gasteiger partial charge in [-0.15, -0.1) is 0 Å². The standard InChI is InChI=1S/C26H41N5O4/c1-16-9-20-21(18-10-19(33-2)12-28-11-18)13-29-25(24(20)31-26(16)32)30-22-3-6-27-14-23(22)35-15-17-4-7-34-8-5-17/h10-12,16-17,20-25,27,29-30H,3-9,13-15H2,1-2H3,(H,31,32)/t16?,20?,21?,22-,23-,24?,25?/m1/s1. The zero-order chi connectivity index (χ0) is 24.2. The minimum absolute atomic E-state index is 0.00328. The number of piperidine rings is 3. The molecule has 4 N–H and O–H groups in total. The number of ether oxygens (including phenoxy) is 3. The van der Waals surface area contributed by atoms with Crippen LogP contribution in [0.15, 0.2) is 18.5 Å². The van der Waals surface area contributed by atoms with Crippen LogP contribution in [0.1, 0.15) is 44.1 Å². The number of fused-ring (bicyclic) bond motifs is 1. The first-order chi connectivity index (χ1) is 17.1. The summed E-state index contributed by atoms with van der Waals surface area (Å²) in [4.78, 5) is 17.1. The molecule has 4 saturated heterocycles. The van der Waals surface area contributed by atoms with Crippen molar-refractivity contribution in [3.63, 3.8) is 0 Å². The van der Waals surface area contributed by atoms with Gasteiger partial charge in [0.1, 0.15) is 5.75 Å². The van der Waals surface area contributed by atoms with Crippen LogP contribution in [0.2, 0.25) is 0 Å². The number of amides is 1. The fraction of sp³-hybridized carbons (Fsp3) is 0.769. The largest absolute Gasteiger partial charge is 0.495 e. The van der Waals surface area contributed by atoms with E-state index in [1.54, 1.807) is 13.3 Å². The zero-order valence-corrected chi connectivity index (χ0v) is 21.0. The smallest absolute Gasteiger partial charge is 0.223 e. The Morgan fingerprint density at radius 1 is 1.20 bits per heavy atom. The molecule has 5 rings (SSSR count). The molecule has 0 aliphatic carbocycles. The molecule has 7 atom stereocenters. The molecule has 0 spiro atoms.